The molecule has 0 amide bonds. The van der Waals surface area contributed by atoms with Crippen LogP contribution in [0, 0.1) is 5.41 Å². The van der Waals surface area contributed by atoms with E-state index in [1.54, 1.807) is 0 Å². The van der Waals surface area contributed by atoms with E-state index in [-0.39, 0.29) is 5.33 Å². The van der Waals surface area contributed by atoms with E-state index < -0.39 is 0 Å². The van der Waals surface area contributed by atoms with Gasteiger partial charge >= 0.3 is 0 Å². The van der Waals surface area contributed by atoms with Crippen molar-refractivity contribution in [3.05, 3.63) is 0 Å². The van der Waals surface area contributed by atoms with Crippen molar-refractivity contribution in [2.45, 2.75) is 20.8 Å². The zero-order valence-corrected chi connectivity index (χ0v) is 9.48. The summed E-state index contributed by atoms with van der Waals surface area (Å²) in [5.41, 5.74) is 0.457. The molecule has 0 saturated heterocycles. The fourth-order valence-corrected chi connectivity index (χ4v) is 5.59. The van der Waals surface area contributed by atoms with Crippen molar-refractivity contribution in [2.24, 2.45) is 5.41 Å². The predicted molar refractivity (Wildman–Crippen MR) is 49.1 cm³/mol. The Hall–Kier alpha value is 1.39. The summed E-state index contributed by atoms with van der Waals surface area (Å²) >= 11 is 6.98. The van der Waals surface area contributed by atoms with E-state index in [4.69, 9.17) is 0 Å². The molecule has 3 heteroatoms. The second kappa shape index (κ2) is 3.53. The van der Waals surface area contributed by atoms with Crippen molar-refractivity contribution < 1.29 is 0 Å². The lowest BCUT2D eigenvalue weighted by molar-refractivity contribution is 0.480. The third-order valence-electron chi connectivity index (χ3n) is 0.594. The van der Waals surface area contributed by atoms with E-state index in [1.165, 1.54) is 6.16 Å². The van der Waals surface area contributed by atoms with Gasteiger partial charge in [-0.25, -0.2) is 0 Å². The molecule has 8 heavy (non-hydrogen) atoms. The van der Waals surface area contributed by atoms with Gasteiger partial charge in [0.25, 0.3) is 0 Å². The van der Waals surface area contributed by atoms with Crippen LogP contribution in [-0.4, -0.2) is 6.16 Å². The van der Waals surface area contributed by atoms with Gasteiger partial charge in [-0.2, -0.15) is 0 Å². The van der Waals surface area contributed by atoms with Crippen LogP contribution < -0.4 is 0 Å². The van der Waals surface area contributed by atoms with Crippen molar-refractivity contribution in [2.75, 3.05) is 6.16 Å². The van der Waals surface area contributed by atoms with Gasteiger partial charge in [0.15, 0.2) is 0 Å². The Balaban J connectivity index is 3.39. The van der Waals surface area contributed by atoms with Crippen LogP contribution in [0.1, 0.15) is 20.8 Å². The molecule has 0 N–H and O–H groups in total. The topological polar surface area (TPSA) is 0 Å². The van der Waals surface area contributed by atoms with Crippen LogP contribution in [0.3, 0.4) is 0 Å². The van der Waals surface area contributed by atoms with Crippen molar-refractivity contribution in [1.29, 1.82) is 0 Å². The normalized spacial score (nSPS) is 12.8. The lowest BCUT2D eigenvalue weighted by atomic mass is 10.0. The fourth-order valence-electron chi connectivity index (χ4n) is 0.359. The minimum absolute atomic E-state index is 0.0635. The number of rotatable bonds is 1. The monoisotopic (exact) mass is 260 g/mol. The van der Waals surface area contributed by atoms with E-state index in [1.807, 2.05) is 0 Å². The summed E-state index contributed by atoms with van der Waals surface area (Å²) in [6.07, 6.45) is 1.22. The van der Waals surface area contributed by atoms with Crippen molar-refractivity contribution in [1.82, 2.24) is 0 Å². The maximum atomic E-state index is 3.49. The average molecular weight is 262 g/mol. The summed E-state index contributed by atoms with van der Waals surface area (Å²) in [7, 11) is 0. The van der Waals surface area contributed by atoms with Gasteiger partial charge in [0, 0.05) is 5.33 Å². The van der Waals surface area contributed by atoms with Gasteiger partial charge < -0.3 is 0 Å². The molecule has 0 atom stereocenters. The van der Waals surface area contributed by atoms with Crippen LogP contribution in [0.2, 0.25) is 0 Å². The predicted octanol–water partition coefficient (Wildman–Crippen LogP) is 4.13. The van der Waals surface area contributed by atoms with E-state index in [2.05, 4.69) is 51.7 Å². The fraction of sp³-hybridized carbons (Fsp3) is 1.00. The molecule has 0 saturated carbocycles. The maximum Gasteiger partial charge on any atom is 0.0351 e. The summed E-state index contributed by atoms with van der Waals surface area (Å²) in [6, 6.07) is 0. The van der Waals surface area contributed by atoms with E-state index in [9.17, 15) is 0 Å². The van der Waals surface area contributed by atoms with Crippen molar-refractivity contribution in [3.8, 4) is 0 Å². The second-order valence-corrected chi connectivity index (χ2v) is 11.9. The SMILES string of the molecule is CC(C)(C)CP(Br)Br. The molecule has 0 heterocycles. The van der Waals surface area contributed by atoms with Crippen LogP contribution in [0.15, 0.2) is 0 Å². The molecule has 0 aliphatic carbocycles. The molecule has 0 radical (unpaired) electrons. The lowest BCUT2D eigenvalue weighted by Gasteiger charge is -2.17. The number of halogens is 2. The Labute approximate surface area is 68.7 Å². The lowest BCUT2D eigenvalue weighted by Crippen LogP contribution is -2.06. The number of hydrogen-bond donors (Lipinski definition) is 0. The maximum absolute atomic E-state index is 3.49. The van der Waals surface area contributed by atoms with Crippen molar-refractivity contribution >= 4 is 36.3 Å². The van der Waals surface area contributed by atoms with Gasteiger partial charge in [0.1, 0.15) is 0 Å². The highest BCUT2D eigenvalue weighted by atomic mass is 79.9. The average Bonchev–Trinajstić information content (AvgIpc) is 1.21. The first-order chi connectivity index (χ1) is 3.42. The van der Waals surface area contributed by atoms with Gasteiger partial charge in [0.2, 0.25) is 0 Å². The summed E-state index contributed by atoms with van der Waals surface area (Å²) in [5, 5.41) is -0.0635. The van der Waals surface area contributed by atoms with Gasteiger partial charge in [-0.3, -0.25) is 0 Å². The van der Waals surface area contributed by atoms with Gasteiger partial charge in [-0.05, 0) is 42.6 Å². The summed E-state index contributed by atoms with van der Waals surface area (Å²) in [4.78, 5) is 0. The highest BCUT2D eigenvalue weighted by molar-refractivity contribution is 9.69. The van der Waals surface area contributed by atoms with E-state index in [0.717, 1.165) is 0 Å². The Morgan fingerprint density at radius 1 is 1.25 bits per heavy atom. The minimum atomic E-state index is -0.0635. The standard InChI is InChI=1S/C5H11Br2P/c1-5(2,3)4-8(6)7/h4H2,1-3H3. The van der Waals surface area contributed by atoms with Crippen LogP contribution in [0.5, 0.6) is 0 Å². The molecule has 0 fully saturated rings. The Bertz CT molecular complexity index is 65.3. The van der Waals surface area contributed by atoms with Crippen LogP contribution >= 0.6 is 36.3 Å². The van der Waals surface area contributed by atoms with Gasteiger partial charge in [-0.1, -0.05) is 20.8 Å². The zero-order chi connectivity index (χ0) is 6.78. The third kappa shape index (κ3) is 7.39. The molecule has 0 unspecified atom stereocenters. The highest BCUT2D eigenvalue weighted by Gasteiger charge is 2.13. The first-order valence-corrected chi connectivity index (χ1v) is 8.07. The number of hydrogen-bond acceptors (Lipinski definition) is 0. The van der Waals surface area contributed by atoms with Crippen molar-refractivity contribution in [3.63, 3.8) is 0 Å². The quantitative estimate of drug-likeness (QED) is 0.623. The largest absolute Gasteiger partial charge is 0.0598 e. The molecule has 50 valence electrons. The molecule has 0 aromatic heterocycles. The molecule has 0 aromatic carbocycles. The summed E-state index contributed by atoms with van der Waals surface area (Å²) in [6.45, 7) is 6.72. The van der Waals surface area contributed by atoms with Gasteiger partial charge in [-0.15, -0.1) is 0 Å². The molecule has 0 rings (SSSR count). The van der Waals surface area contributed by atoms with Crippen LogP contribution in [0.25, 0.3) is 0 Å². The molecular weight excluding hydrogens is 251 g/mol. The smallest absolute Gasteiger partial charge is 0.0351 e. The Morgan fingerprint density at radius 3 is 1.62 bits per heavy atom. The molecule has 0 aliphatic heterocycles. The van der Waals surface area contributed by atoms with Crippen LogP contribution in [0.4, 0.5) is 0 Å². The first kappa shape index (κ1) is 9.39. The Morgan fingerprint density at radius 2 is 1.62 bits per heavy atom. The molecular formula is C5H11Br2P. The Kier molecular flexibility index (Phi) is 4.15. The zero-order valence-electron chi connectivity index (χ0n) is 5.41. The highest BCUT2D eigenvalue weighted by Crippen LogP contribution is 2.55. The summed E-state index contributed by atoms with van der Waals surface area (Å²) < 4.78 is 0. The van der Waals surface area contributed by atoms with E-state index >= 15 is 0 Å². The second-order valence-electron chi connectivity index (χ2n) is 3.02. The van der Waals surface area contributed by atoms with E-state index in [0.29, 0.717) is 5.41 Å². The molecule has 0 spiro atoms. The van der Waals surface area contributed by atoms with Gasteiger partial charge in [0.05, 0.1) is 0 Å². The first-order valence-electron chi connectivity index (χ1n) is 2.51. The molecule has 0 aliphatic rings. The summed E-state index contributed by atoms with van der Waals surface area (Å²) in [5.74, 6) is 0. The minimum Gasteiger partial charge on any atom is -0.0598 e. The molecule has 0 nitrogen and oxygen atoms in total. The van der Waals surface area contributed by atoms with Crippen LogP contribution in [-0.2, 0) is 0 Å². The third-order valence-corrected chi connectivity index (χ3v) is 3.29. The molecule has 0 aromatic rings. The molecule has 0 bridgehead atoms.